The Balaban J connectivity index is 1.62. The summed E-state index contributed by atoms with van der Waals surface area (Å²) >= 11 is 1.27. The van der Waals surface area contributed by atoms with Crippen molar-refractivity contribution in [2.24, 2.45) is 0 Å². The molecule has 5 aromatic rings. The van der Waals surface area contributed by atoms with Crippen LogP contribution in [0.2, 0.25) is 0 Å². The Labute approximate surface area is 161 Å². The minimum absolute atomic E-state index is 0.00270. The second-order valence-corrected chi connectivity index (χ2v) is 6.96. The summed E-state index contributed by atoms with van der Waals surface area (Å²) < 4.78 is 34.3. The molecule has 28 heavy (non-hydrogen) atoms. The van der Waals surface area contributed by atoms with Gasteiger partial charge in [-0.15, -0.1) is 10.2 Å². The fourth-order valence-corrected chi connectivity index (χ4v) is 3.72. The fourth-order valence-electron chi connectivity index (χ4n) is 2.91. The number of pyridine rings is 1. The molecule has 0 aliphatic rings. The summed E-state index contributed by atoms with van der Waals surface area (Å²) in [5.41, 5.74) is 1.45. The molecule has 9 heteroatoms. The van der Waals surface area contributed by atoms with Gasteiger partial charge in [-0.1, -0.05) is 17.4 Å². The first kappa shape index (κ1) is 16.7. The Morgan fingerprint density at radius 2 is 1.89 bits per heavy atom. The molecule has 0 fully saturated rings. The third-order valence-electron chi connectivity index (χ3n) is 4.28. The summed E-state index contributed by atoms with van der Waals surface area (Å²) in [6.07, 6.45) is 0. The molecule has 0 aliphatic carbocycles. The number of rotatable bonds is 3. The van der Waals surface area contributed by atoms with E-state index in [4.69, 9.17) is 4.74 Å². The topological polar surface area (TPSA) is 65.2 Å². The van der Waals surface area contributed by atoms with E-state index in [0.717, 1.165) is 34.9 Å². The predicted molar refractivity (Wildman–Crippen MR) is 101 cm³/mol. The van der Waals surface area contributed by atoms with Crippen LogP contribution in [0.3, 0.4) is 0 Å². The third-order valence-corrected chi connectivity index (χ3v) is 5.20. The number of fused-ring (bicyclic) bond motifs is 2. The highest BCUT2D eigenvalue weighted by Gasteiger charge is 2.18. The monoisotopic (exact) mass is 395 g/mol. The van der Waals surface area contributed by atoms with E-state index in [-0.39, 0.29) is 11.4 Å². The smallest absolute Gasteiger partial charge is 0.235 e. The maximum Gasteiger partial charge on any atom is 0.235 e. The maximum absolute atomic E-state index is 14.1. The molecular formula is C19H11F2N5OS. The number of benzene rings is 2. The number of hydrogen-bond donors (Lipinski definition) is 0. The predicted octanol–water partition coefficient (Wildman–Crippen LogP) is 4.35. The Kier molecular flexibility index (Phi) is 3.76. The highest BCUT2D eigenvalue weighted by atomic mass is 32.1. The standard InChI is InChI=1S/C19H11F2N5OS/c1-27-12-4-7-15-10(8-12)2-6-16(22-15)18-25-26-17(23-24-19(26)28-18)13-9-11(20)3-5-14(13)21/h2-9H,1H3. The highest BCUT2D eigenvalue weighted by Crippen LogP contribution is 2.30. The van der Waals surface area contributed by atoms with Gasteiger partial charge in [-0.2, -0.15) is 9.61 Å². The first-order valence-corrected chi connectivity index (χ1v) is 9.07. The van der Waals surface area contributed by atoms with Gasteiger partial charge in [0.25, 0.3) is 0 Å². The number of halogens is 2. The number of methoxy groups -OCH3 is 1. The lowest BCUT2D eigenvalue weighted by atomic mass is 10.2. The Morgan fingerprint density at radius 1 is 1.00 bits per heavy atom. The van der Waals surface area contributed by atoms with Crippen LogP contribution in [0.1, 0.15) is 0 Å². The van der Waals surface area contributed by atoms with E-state index in [1.54, 1.807) is 7.11 Å². The van der Waals surface area contributed by atoms with Crippen LogP contribution in [0.15, 0.2) is 48.5 Å². The van der Waals surface area contributed by atoms with E-state index in [1.165, 1.54) is 15.9 Å². The molecule has 0 saturated carbocycles. The molecular weight excluding hydrogens is 384 g/mol. The Morgan fingerprint density at radius 3 is 2.75 bits per heavy atom. The molecule has 3 heterocycles. The molecule has 0 aliphatic heterocycles. The Bertz CT molecular complexity index is 1350. The van der Waals surface area contributed by atoms with Gasteiger partial charge in [0.2, 0.25) is 4.96 Å². The van der Waals surface area contributed by atoms with Crippen LogP contribution < -0.4 is 4.74 Å². The largest absolute Gasteiger partial charge is 0.497 e. The van der Waals surface area contributed by atoms with Gasteiger partial charge in [0, 0.05) is 5.39 Å². The molecule has 5 rings (SSSR count). The van der Waals surface area contributed by atoms with Crippen LogP contribution >= 0.6 is 11.3 Å². The van der Waals surface area contributed by atoms with Crippen LogP contribution in [0.4, 0.5) is 8.78 Å². The molecule has 0 radical (unpaired) electrons. The molecule has 0 unspecified atom stereocenters. The summed E-state index contributed by atoms with van der Waals surface area (Å²) in [7, 11) is 1.61. The van der Waals surface area contributed by atoms with Gasteiger partial charge in [0.15, 0.2) is 10.8 Å². The minimum atomic E-state index is -0.594. The van der Waals surface area contributed by atoms with Crippen LogP contribution in [0.5, 0.6) is 5.75 Å². The van der Waals surface area contributed by atoms with Crippen molar-refractivity contribution < 1.29 is 13.5 Å². The van der Waals surface area contributed by atoms with Gasteiger partial charge in [-0.3, -0.25) is 0 Å². The van der Waals surface area contributed by atoms with E-state index in [2.05, 4.69) is 20.3 Å². The van der Waals surface area contributed by atoms with Crippen LogP contribution in [-0.4, -0.2) is 31.9 Å². The van der Waals surface area contributed by atoms with Crippen LogP contribution in [-0.2, 0) is 0 Å². The van der Waals surface area contributed by atoms with Gasteiger partial charge in [-0.25, -0.2) is 13.8 Å². The van der Waals surface area contributed by atoms with Gasteiger partial charge < -0.3 is 4.74 Å². The van der Waals surface area contributed by atoms with Crippen molar-refractivity contribution in [1.82, 2.24) is 24.8 Å². The summed E-state index contributed by atoms with van der Waals surface area (Å²) in [5.74, 6) is -0.263. The second kappa shape index (κ2) is 6.31. The van der Waals surface area contributed by atoms with Crippen molar-refractivity contribution >= 4 is 27.2 Å². The fraction of sp³-hybridized carbons (Fsp3) is 0.0526. The quantitative estimate of drug-likeness (QED) is 0.454. The second-order valence-electron chi connectivity index (χ2n) is 6.00. The average Bonchev–Trinajstić information content (AvgIpc) is 3.30. The van der Waals surface area contributed by atoms with Crippen molar-refractivity contribution in [2.75, 3.05) is 7.11 Å². The number of nitrogens with zero attached hydrogens (tertiary/aromatic N) is 5. The van der Waals surface area contributed by atoms with E-state index >= 15 is 0 Å². The molecule has 138 valence electrons. The summed E-state index contributed by atoms with van der Waals surface area (Å²) in [6, 6.07) is 12.6. The minimum Gasteiger partial charge on any atom is -0.497 e. The van der Waals surface area contributed by atoms with Crippen molar-refractivity contribution in [1.29, 1.82) is 0 Å². The zero-order valence-electron chi connectivity index (χ0n) is 14.4. The summed E-state index contributed by atoms with van der Waals surface area (Å²) in [5, 5.41) is 14.0. The van der Waals surface area contributed by atoms with Gasteiger partial charge in [0.1, 0.15) is 23.1 Å². The molecule has 3 aromatic heterocycles. The number of hydrogen-bond acceptors (Lipinski definition) is 6. The molecule has 2 aromatic carbocycles. The zero-order valence-corrected chi connectivity index (χ0v) is 15.2. The first-order chi connectivity index (χ1) is 13.6. The molecule has 0 spiro atoms. The lowest BCUT2D eigenvalue weighted by molar-refractivity contribution is 0.415. The van der Waals surface area contributed by atoms with E-state index < -0.39 is 11.6 Å². The number of aromatic nitrogens is 5. The van der Waals surface area contributed by atoms with Crippen LogP contribution in [0.25, 0.3) is 38.0 Å². The van der Waals surface area contributed by atoms with Crippen LogP contribution in [0, 0.1) is 11.6 Å². The lowest BCUT2D eigenvalue weighted by Gasteiger charge is -2.03. The average molecular weight is 395 g/mol. The molecule has 0 saturated heterocycles. The summed E-state index contributed by atoms with van der Waals surface area (Å²) in [6.45, 7) is 0. The molecule has 0 amide bonds. The highest BCUT2D eigenvalue weighted by molar-refractivity contribution is 7.19. The van der Waals surface area contributed by atoms with E-state index in [0.29, 0.717) is 15.7 Å². The summed E-state index contributed by atoms with van der Waals surface area (Å²) in [4.78, 5) is 5.09. The molecule has 6 nitrogen and oxygen atoms in total. The van der Waals surface area contributed by atoms with Crippen molar-refractivity contribution in [2.45, 2.75) is 0 Å². The molecule has 0 atom stereocenters. The Hall–Kier alpha value is -3.46. The van der Waals surface area contributed by atoms with Gasteiger partial charge in [-0.05, 0) is 42.5 Å². The molecule has 0 N–H and O–H groups in total. The normalized spacial score (nSPS) is 11.4. The van der Waals surface area contributed by atoms with E-state index in [9.17, 15) is 8.78 Å². The zero-order chi connectivity index (χ0) is 19.3. The van der Waals surface area contributed by atoms with Crippen molar-refractivity contribution in [3.05, 3.63) is 60.2 Å². The number of ether oxygens (including phenoxy) is 1. The lowest BCUT2D eigenvalue weighted by Crippen LogP contribution is -1.95. The molecule has 0 bridgehead atoms. The van der Waals surface area contributed by atoms with Crippen molar-refractivity contribution in [3.8, 4) is 27.8 Å². The van der Waals surface area contributed by atoms with Gasteiger partial charge >= 0.3 is 0 Å². The van der Waals surface area contributed by atoms with E-state index in [1.807, 2.05) is 30.3 Å². The third kappa shape index (κ3) is 2.67. The van der Waals surface area contributed by atoms with Gasteiger partial charge in [0.05, 0.1) is 18.2 Å². The first-order valence-electron chi connectivity index (χ1n) is 8.25. The SMILES string of the molecule is COc1ccc2nc(-c3nn4c(-c5cc(F)ccc5F)nnc4s3)ccc2c1. The van der Waals surface area contributed by atoms with Crippen molar-refractivity contribution in [3.63, 3.8) is 0 Å². The maximum atomic E-state index is 14.1.